The van der Waals surface area contributed by atoms with Gasteiger partial charge in [-0.15, -0.1) is 0 Å². The van der Waals surface area contributed by atoms with E-state index in [9.17, 15) is 22.4 Å². The number of carbonyl (C=O) groups is 1. The van der Waals surface area contributed by atoms with E-state index in [-0.39, 0.29) is 35.6 Å². The summed E-state index contributed by atoms with van der Waals surface area (Å²) in [5.74, 6) is 0.0800. The summed E-state index contributed by atoms with van der Waals surface area (Å²) in [5, 5.41) is 3.49. The van der Waals surface area contributed by atoms with Crippen molar-refractivity contribution < 1.29 is 31.8 Å². The largest absolute Gasteiger partial charge is 0.493 e. The maximum atomic E-state index is 14.9. The summed E-state index contributed by atoms with van der Waals surface area (Å²) in [7, 11) is 3.20. The predicted molar refractivity (Wildman–Crippen MR) is 130 cm³/mol. The molecule has 1 aliphatic heterocycles. The predicted octanol–water partition coefficient (Wildman–Crippen LogP) is 4.86. The fraction of sp³-hybridized carbons (Fsp3) is 0.400. The third-order valence-corrected chi connectivity index (χ3v) is 6.40. The van der Waals surface area contributed by atoms with Crippen LogP contribution in [0, 0.1) is 12.7 Å². The number of nitrogens with two attached hydrogens (primary N) is 1. The molecule has 0 saturated carbocycles. The number of hydrogen-bond acceptors (Lipinski definition) is 7. The second kappa shape index (κ2) is 9.91. The van der Waals surface area contributed by atoms with Crippen LogP contribution >= 0.6 is 0 Å². The first-order chi connectivity index (χ1) is 17.4. The van der Waals surface area contributed by atoms with Crippen LogP contribution in [0.25, 0.3) is 10.9 Å². The van der Waals surface area contributed by atoms with E-state index in [1.54, 1.807) is 31.0 Å². The van der Waals surface area contributed by atoms with Crippen molar-refractivity contribution in [2.45, 2.75) is 44.9 Å². The zero-order chi connectivity index (χ0) is 27.1. The molecule has 1 amide bonds. The van der Waals surface area contributed by atoms with Crippen molar-refractivity contribution in [3.8, 4) is 11.5 Å². The summed E-state index contributed by atoms with van der Waals surface area (Å²) in [6, 6.07) is 4.02. The number of nitrogens with zero attached hydrogens (tertiary/aromatic N) is 3. The highest BCUT2D eigenvalue weighted by atomic mass is 19.4. The maximum absolute atomic E-state index is 14.9. The van der Waals surface area contributed by atoms with Gasteiger partial charge in [0.05, 0.1) is 30.3 Å². The highest BCUT2D eigenvalue weighted by Crippen LogP contribution is 2.38. The summed E-state index contributed by atoms with van der Waals surface area (Å²) in [5.41, 5.74) is 4.24. The van der Waals surface area contributed by atoms with Crippen LogP contribution in [-0.2, 0) is 11.0 Å². The quantitative estimate of drug-likeness (QED) is 0.338. The number of amides is 1. The second-order valence-corrected chi connectivity index (χ2v) is 8.98. The van der Waals surface area contributed by atoms with E-state index in [1.165, 1.54) is 14.0 Å². The number of anilines is 2. The van der Waals surface area contributed by atoms with Gasteiger partial charge in [0.2, 0.25) is 5.91 Å². The van der Waals surface area contributed by atoms with Crippen LogP contribution in [0.3, 0.4) is 0 Å². The Labute approximate surface area is 210 Å². The van der Waals surface area contributed by atoms with Crippen LogP contribution in [-0.4, -0.2) is 47.6 Å². The van der Waals surface area contributed by atoms with Crippen molar-refractivity contribution in [2.24, 2.45) is 0 Å². The highest BCUT2D eigenvalue weighted by molar-refractivity contribution is 5.92. The van der Waals surface area contributed by atoms with Gasteiger partial charge < -0.3 is 25.4 Å². The summed E-state index contributed by atoms with van der Waals surface area (Å²) >= 11 is 0. The van der Waals surface area contributed by atoms with Gasteiger partial charge in [-0.05, 0) is 38.5 Å². The normalized spacial score (nSPS) is 16.8. The number of nitrogens with one attached hydrogen (secondary N) is 1. The minimum atomic E-state index is -4.90. The van der Waals surface area contributed by atoms with E-state index in [4.69, 9.17) is 15.2 Å². The maximum Gasteiger partial charge on any atom is 0.419 e. The Morgan fingerprint density at radius 2 is 1.95 bits per heavy atom. The summed E-state index contributed by atoms with van der Waals surface area (Å²) in [4.78, 5) is 22.3. The molecule has 8 nitrogen and oxygen atoms in total. The lowest BCUT2D eigenvalue weighted by Gasteiger charge is -2.22. The Hall–Kier alpha value is -3.83. The van der Waals surface area contributed by atoms with Crippen molar-refractivity contribution in [1.29, 1.82) is 0 Å². The summed E-state index contributed by atoms with van der Waals surface area (Å²) in [6.45, 7) is 3.40. The highest BCUT2D eigenvalue weighted by Gasteiger charge is 2.36. The lowest BCUT2D eigenvalue weighted by molar-refractivity contribution is -0.140. The molecule has 2 atom stereocenters. The van der Waals surface area contributed by atoms with Crippen molar-refractivity contribution in [1.82, 2.24) is 14.9 Å². The fourth-order valence-corrected chi connectivity index (χ4v) is 4.35. The minimum Gasteiger partial charge on any atom is -0.493 e. The number of hydrogen-bond donors (Lipinski definition) is 2. The number of likely N-dealkylation sites (tertiary alicyclic amines) is 1. The number of fused-ring (bicyclic) bond motifs is 1. The second-order valence-electron chi connectivity index (χ2n) is 8.98. The number of aromatic nitrogens is 2. The zero-order valence-corrected chi connectivity index (χ0v) is 20.7. The minimum absolute atomic E-state index is 0.0471. The summed E-state index contributed by atoms with van der Waals surface area (Å²) in [6.07, 6.45) is -3.77. The van der Waals surface area contributed by atoms with Crippen molar-refractivity contribution in [3.63, 3.8) is 0 Å². The fourth-order valence-electron chi connectivity index (χ4n) is 4.35. The monoisotopic (exact) mass is 521 g/mol. The molecule has 1 fully saturated rings. The van der Waals surface area contributed by atoms with Gasteiger partial charge in [0, 0.05) is 36.2 Å². The van der Waals surface area contributed by atoms with Crippen molar-refractivity contribution in [2.75, 3.05) is 31.8 Å². The van der Waals surface area contributed by atoms with E-state index < -0.39 is 23.6 Å². The van der Waals surface area contributed by atoms with Gasteiger partial charge in [0.15, 0.2) is 11.5 Å². The first kappa shape index (κ1) is 26.2. The average molecular weight is 522 g/mol. The van der Waals surface area contributed by atoms with Gasteiger partial charge in [0.25, 0.3) is 0 Å². The van der Waals surface area contributed by atoms with Gasteiger partial charge in [-0.2, -0.15) is 13.2 Å². The molecular weight excluding hydrogens is 494 g/mol. The molecule has 0 unspecified atom stereocenters. The molecule has 2 heterocycles. The van der Waals surface area contributed by atoms with Crippen LogP contribution in [0.4, 0.5) is 29.1 Å². The van der Waals surface area contributed by atoms with Crippen LogP contribution < -0.4 is 20.5 Å². The van der Waals surface area contributed by atoms with Crippen LogP contribution in [0.5, 0.6) is 11.5 Å². The Balaban J connectivity index is 1.70. The molecule has 12 heteroatoms. The molecule has 3 N–H and O–H groups in total. The number of likely N-dealkylation sites (N-methyl/N-ethyl adjacent to an activating group) is 1. The Bertz CT molecular complexity index is 1350. The van der Waals surface area contributed by atoms with Crippen LogP contribution in [0.1, 0.15) is 42.8 Å². The number of rotatable bonds is 7. The topological polar surface area (TPSA) is 103 Å². The molecule has 3 aromatic rings. The third-order valence-electron chi connectivity index (χ3n) is 6.40. The van der Waals surface area contributed by atoms with Gasteiger partial charge in [-0.25, -0.2) is 14.4 Å². The number of methoxy groups -OCH3 is 1. The number of alkyl halides is 3. The summed E-state index contributed by atoms with van der Waals surface area (Å²) < 4.78 is 66.3. The number of nitrogen functional groups attached to an aromatic ring is 1. The Morgan fingerprint density at radius 1 is 1.22 bits per heavy atom. The van der Waals surface area contributed by atoms with Gasteiger partial charge in [-0.3, -0.25) is 4.79 Å². The van der Waals surface area contributed by atoms with Crippen LogP contribution in [0.15, 0.2) is 24.3 Å². The van der Waals surface area contributed by atoms with E-state index in [0.717, 1.165) is 6.07 Å². The number of carbonyl (C=O) groups excluding carboxylic acids is 1. The smallest absolute Gasteiger partial charge is 0.419 e. The molecule has 1 saturated heterocycles. The number of ether oxygens (including phenoxy) is 2. The Kier molecular flexibility index (Phi) is 7.03. The molecular formula is C25H27F4N5O3. The third kappa shape index (κ3) is 5.32. The van der Waals surface area contributed by atoms with E-state index in [0.29, 0.717) is 47.1 Å². The molecule has 1 aliphatic rings. The van der Waals surface area contributed by atoms with E-state index in [2.05, 4.69) is 15.3 Å². The Morgan fingerprint density at radius 3 is 2.57 bits per heavy atom. The molecule has 4 rings (SSSR count). The van der Waals surface area contributed by atoms with Crippen molar-refractivity contribution in [3.05, 3.63) is 47.0 Å². The molecule has 0 radical (unpaired) electrons. The van der Waals surface area contributed by atoms with Crippen molar-refractivity contribution >= 4 is 28.3 Å². The molecule has 0 bridgehead atoms. The molecule has 1 aromatic heterocycles. The standard InChI is InChI=1S/C25H27F4N5O3/c1-12(16-7-14(30)8-18(23(16)26)25(27,28)29)31-24-17-9-21(37-11-15-5-6-22(35)34(15)3)20(36-4)10-19(17)32-13(2)33-24/h7-10,12,15H,5-6,11,30H2,1-4H3,(H,31,32,33)/t12-,15+/m1/s1. The van der Waals surface area contributed by atoms with Crippen LogP contribution in [0.2, 0.25) is 0 Å². The van der Waals surface area contributed by atoms with Gasteiger partial charge in [-0.1, -0.05) is 0 Å². The zero-order valence-electron chi connectivity index (χ0n) is 20.7. The molecule has 198 valence electrons. The lowest BCUT2D eigenvalue weighted by Crippen LogP contribution is -2.33. The van der Waals surface area contributed by atoms with E-state index >= 15 is 0 Å². The molecule has 37 heavy (non-hydrogen) atoms. The van der Waals surface area contributed by atoms with E-state index in [1.807, 2.05) is 0 Å². The number of benzene rings is 2. The first-order valence-corrected chi connectivity index (χ1v) is 11.6. The SMILES string of the molecule is COc1cc2nc(C)nc(N[C@H](C)c3cc(N)cc(C(F)(F)F)c3F)c2cc1OC[C@@H]1CCC(=O)N1C. The lowest BCUT2D eigenvalue weighted by atomic mass is 10.0. The molecule has 0 spiro atoms. The first-order valence-electron chi connectivity index (χ1n) is 11.6. The number of halogens is 4. The number of aryl methyl sites for hydroxylation is 1. The van der Waals surface area contributed by atoms with Gasteiger partial charge in [0.1, 0.15) is 24.1 Å². The average Bonchev–Trinajstić information content (AvgIpc) is 3.14. The molecule has 0 aliphatic carbocycles. The molecule has 2 aromatic carbocycles. The van der Waals surface area contributed by atoms with Gasteiger partial charge >= 0.3 is 6.18 Å².